The average Bonchev–Trinajstić information content (AvgIpc) is 3.20. The molecule has 318 valence electrons. The van der Waals surface area contributed by atoms with Gasteiger partial charge in [-0.15, -0.1) is 0 Å². The van der Waals surface area contributed by atoms with E-state index in [-0.39, 0.29) is 48.5 Å². The fourth-order valence-corrected chi connectivity index (χ4v) is 9.69. The van der Waals surface area contributed by atoms with Gasteiger partial charge in [0.1, 0.15) is 43.4 Å². The highest BCUT2D eigenvalue weighted by Crippen LogP contribution is 2.36. The Balaban J connectivity index is 0.000000199. The van der Waals surface area contributed by atoms with Crippen LogP contribution in [-0.4, -0.2) is 61.9 Å². The number of phenols is 3. The van der Waals surface area contributed by atoms with Crippen LogP contribution in [0.2, 0.25) is 10.0 Å². The summed E-state index contributed by atoms with van der Waals surface area (Å²) >= 11 is 14.7. The zero-order valence-corrected chi connectivity index (χ0v) is 37.0. The van der Waals surface area contributed by atoms with Crippen LogP contribution in [0.25, 0.3) is 0 Å². The number of hydrogen-bond donors (Lipinski definition) is 6. The van der Waals surface area contributed by atoms with Crippen molar-refractivity contribution in [3.8, 4) is 34.5 Å². The Morgan fingerprint density at radius 3 is 1.43 bits per heavy atom. The maximum Gasteiger partial charge on any atom is 0.265 e. The van der Waals surface area contributed by atoms with Gasteiger partial charge in [-0.2, -0.15) is 0 Å². The first-order chi connectivity index (χ1) is 28.3. The highest BCUT2D eigenvalue weighted by atomic mass is 79.9. The van der Waals surface area contributed by atoms with Crippen LogP contribution < -0.4 is 28.4 Å². The second kappa shape index (κ2) is 20.6. The fraction of sp³-hybridized carbons (Fsp3) is 0.0769. The summed E-state index contributed by atoms with van der Waals surface area (Å²) in [7, 11) is -7.53. The lowest BCUT2D eigenvalue weighted by atomic mass is 10.3. The van der Waals surface area contributed by atoms with E-state index in [1.54, 1.807) is 72.8 Å². The number of hydrogen-bond acceptors (Lipinski definition) is 12. The monoisotopic (exact) mass is 983 g/mol. The van der Waals surface area contributed by atoms with Crippen LogP contribution in [0.1, 0.15) is 0 Å². The van der Waals surface area contributed by atoms with E-state index < -0.39 is 40.7 Å². The molecule has 0 aliphatic carbocycles. The number of benzene rings is 6. The fourth-order valence-electron chi connectivity index (χ4n) is 4.91. The molecule has 0 unspecified atom stereocenters. The molecule has 0 aromatic heterocycles. The number of para-hydroxylation sites is 7. The molecule has 0 fully saturated rings. The van der Waals surface area contributed by atoms with Crippen molar-refractivity contribution in [1.82, 2.24) is 0 Å². The van der Waals surface area contributed by atoms with Crippen molar-refractivity contribution in [2.45, 2.75) is 14.7 Å². The molecular formula is C39H36BrCl2N3O12S3. The van der Waals surface area contributed by atoms with E-state index >= 15 is 0 Å². The highest BCUT2D eigenvalue weighted by molar-refractivity contribution is 9.10. The molecule has 15 nitrogen and oxygen atoms in total. The third kappa shape index (κ3) is 12.2. The number of ether oxygens (including phenoxy) is 3. The predicted octanol–water partition coefficient (Wildman–Crippen LogP) is 8.67. The van der Waals surface area contributed by atoms with Crippen molar-refractivity contribution in [3.05, 3.63) is 142 Å². The van der Waals surface area contributed by atoms with E-state index in [0.29, 0.717) is 21.7 Å². The van der Waals surface area contributed by atoms with E-state index in [1.165, 1.54) is 69.9 Å². The van der Waals surface area contributed by atoms with Gasteiger partial charge >= 0.3 is 0 Å². The molecule has 0 bridgehead atoms. The maximum absolute atomic E-state index is 12.4. The summed E-state index contributed by atoms with van der Waals surface area (Å²) in [6, 6.07) is 32.0. The summed E-state index contributed by atoms with van der Waals surface area (Å²) in [5.74, 6) is -0.0512. The molecule has 0 spiro atoms. The van der Waals surface area contributed by atoms with Crippen molar-refractivity contribution in [3.63, 3.8) is 0 Å². The molecule has 21 heteroatoms. The molecular weight excluding hydrogens is 949 g/mol. The van der Waals surface area contributed by atoms with Gasteiger partial charge in [-0.1, -0.05) is 87.7 Å². The number of nitrogens with one attached hydrogen (secondary N) is 3. The summed E-state index contributed by atoms with van der Waals surface area (Å²) in [6.07, 6.45) is 0. The Kier molecular flexibility index (Phi) is 16.2. The van der Waals surface area contributed by atoms with Gasteiger partial charge in [0.25, 0.3) is 30.1 Å². The van der Waals surface area contributed by atoms with Crippen LogP contribution in [0, 0.1) is 0 Å². The number of methoxy groups -OCH3 is 3. The van der Waals surface area contributed by atoms with Crippen LogP contribution in [0.5, 0.6) is 34.5 Å². The quantitative estimate of drug-likeness (QED) is 0.0634. The van der Waals surface area contributed by atoms with Crippen molar-refractivity contribution in [2.24, 2.45) is 0 Å². The summed E-state index contributed by atoms with van der Waals surface area (Å²) in [6.45, 7) is 0. The third-order valence-electron chi connectivity index (χ3n) is 7.70. The molecule has 6 aromatic rings. The van der Waals surface area contributed by atoms with Crippen molar-refractivity contribution < 1.29 is 54.8 Å². The van der Waals surface area contributed by atoms with Crippen molar-refractivity contribution in [2.75, 3.05) is 35.5 Å². The molecule has 0 atom stereocenters. The molecule has 60 heavy (non-hydrogen) atoms. The summed E-state index contributed by atoms with van der Waals surface area (Å²) in [4.78, 5) is -0.607. The van der Waals surface area contributed by atoms with Crippen LogP contribution >= 0.6 is 39.1 Å². The van der Waals surface area contributed by atoms with Gasteiger partial charge in [-0.3, -0.25) is 14.2 Å². The van der Waals surface area contributed by atoms with E-state index in [9.17, 15) is 40.6 Å². The van der Waals surface area contributed by atoms with Crippen LogP contribution in [-0.2, 0) is 30.1 Å². The Labute approximate surface area is 365 Å². The molecule has 0 amide bonds. The third-order valence-corrected chi connectivity index (χ3v) is 12.9. The van der Waals surface area contributed by atoms with Gasteiger partial charge in [-0.05, 0) is 78.9 Å². The Hall–Kier alpha value is -5.57. The van der Waals surface area contributed by atoms with Crippen molar-refractivity contribution in [1.29, 1.82) is 0 Å². The Morgan fingerprint density at radius 2 is 0.917 bits per heavy atom. The van der Waals surface area contributed by atoms with Gasteiger partial charge < -0.3 is 29.5 Å². The number of rotatable bonds is 12. The SMILES string of the molecule is COc1ccc(Br)cc1S(=O)(=O)Nc1ccccc1O.COc1ccccc1NS(=O)(=O)c1cc(Cl)cc(Cl)c1O.COc1ccccc1NS(=O)(=O)c1ccccc1O. The predicted molar refractivity (Wildman–Crippen MR) is 233 cm³/mol. The lowest BCUT2D eigenvalue weighted by Crippen LogP contribution is -2.14. The highest BCUT2D eigenvalue weighted by Gasteiger charge is 2.24. The van der Waals surface area contributed by atoms with Crippen LogP contribution in [0.3, 0.4) is 0 Å². The summed E-state index contributed by atoms with van der Waals surface area (Å²) in [5.41, 5.74) is 0.651. The van der Waals surface area contributed by atoms with Gasteiger partial charge in [0, 0.05) is 9.50 Å². The number of aromatic hydroxyl groups is 3. The van der Waals surface area contributed by atoms with Crippen molar-refractivity contribution >= 4 is 86.3 Å². The van der Waals surface area contributed by atoms with E-state index in [1.807, 2.05) is 0 Å². The first kappa shape index (κ1) is 47.1. The maximum atomic E-state index is 12.4. The summed E-state index contributed by atoms with van der Waals surface area (Å²) < 4.78 is 96.6. The standard InChI is InChI=1S/C13H12BrNO4S.C13H11Cl2NO4S.C13H13NO4S/c1-19-12-7-6-9(14)8-13(12)20(17,18)15-10-4-2-3-5-11(10)16;1-20-11-5-3-2-4-10(11)16-21(18,19)12-7-8(14)6-9(15)13(12)17;1-18-12-8-4-2-6-10(12)14-19(16,17)13-9-5-3-7-11(13)15/h2-8,15-16H,1H3;2-7,16-17H,1H3;2-9,14-15H,1H3. The van der Waals surface area contributed by atoms with Crippen LogP contribution in [0.4, 0.5) is 17.1 Å². The minimum atomic E-state index is -4.07. The molecule has 0 saturated heterocycles. The second-order valence-electron chi connectivity index (χ2n) is 11.7. The minimum Gasteiger partial charge on any atom is -0.507 e. The number of halogens is 3. The number of anilines is 3. The van der Waals surface area contributed by atoms with Gasteiger partial charge in [0.05, 0.1) is 43.4 Å². The van der Waals surface area contributed by atoms with Gasteiger partial charge in [0.2, 0.25) is 0 Å². The first-order valence-corrected chi connectivity index (χ1v) is 22.8. The molecule has 0 radical (unpaired) electrons. The molecule has 6 rings (SSSR count). The lowest BCUT2D eigenvalue weighted by molar-refractivity contribution is 0.402. The Morgan fingerprint density at radius 1 is 0.483 bits per heavy atom. The average molecular weight is 986 g/mol. The molecule has 0 saturated carbocycles. The van der Waals surface area contributed by atoms with E-state index in [0.717, 1.165) is 6.07 Å². The molecule has 6 N–H and O–H groups in total. The smallest absolute Gasteiger partial charge is 0.265 e. The largest absolute Gasteiger partial charge is 0.507 e. The van der Waals surface area contributed by atoms with Gasteiger partial charge in [0.15, 0.2) is 5.75 Å². The normalized spacial score (nSPS) is 11.1. The summed E-state index contributed by atoms with van der Waals surface area (Å²) in [5, 5.41) is 29.0. The molecule has 0 aliphatic rings. The second-order valence-corrected chi connectivity index (χ2v) is 18.4. The minimum absolute atomic E-state index is 0.0161. The molecule has 0 aliphatic heterocycles. The Bertz CT molecular complexity index is 2800. The van der Waals surface area contributed by atoms with E-state index in [4.69, 9.17) is 37.4 Å². The topological polar surface area (TPSA) is 227 Å². The first-order valence-electron chi connectivity index (χ1n) is 16.8. The molecule has 6 aromatic carbocycles. The zero-order chi connectivity index (χ0) is 44.3. The lowest BCUT2D eigenvalue weighted by Gasteiger charge is -2.13. The van der Waals surface area contributed by atoms with E-state index in [2.05, 4.69) is 30.1 Å². The number of sulfonamides is 3. The molecule has 0 heterocycles. The number of phenolic OH excluding ortho intramolecular Hbond substituents is 3. The van der Waals surface area contributed by atoms with Gasteiger partial charge in [-0.25, -0.2) is 25.3 Å². The zero-order valence-electron chi connectivity index (χ0n) is 31.5. The van der Waals surface area contributed by atoms with Crippen LogP contribution in [0.15, 0.2) is 147 Å².